The van der Waals surface area contributed by atoms with E-state index in [1.54, 1.807) is 0 Å². The normalized spacial score (nSPS) is 10.2. The molecule has 0 fully saturated rings. The van der Waals surface area contributed by atoms with Gasteiger partial charge in [-0.2, -0.15) is 0 Å². The Bertz CT molecular complexity index is 366. The third-order valence-corrected chi connectivity index (χ3v) is 3.61. The zero-order valence-corrected chi connectivity index (χ0v) is 12.5. The van der Waals surface area contributed by atoms with E-state index in [2.05, 4.69) is 37.9 Å². The van der Waals surface area contributed by atoms with Crippen molar-refractivity contribution in [2.24, 2.45) is 0 Å². The van der Waals surface area contributed by atoms with Crippen LogP contribution in [0.3, 0.4) is 0 Å². The maximum atomic E-state index is 11.4. The van der Waals surface area contributed by atoms with Gasteiger partial charge in [0.25, 0.3) is 0 Å². The molecule has 0 atom stereocenters. The molecule has 0 amide bonds. The van der Waals surface area contributed by atoms with Crippen LogP contribution >= 0.6 is 31.9 Å². The van der Waals surface area contributed by atoms with Gasteiger partial charge in [0.15, 0.2) is 0 Å². The van der Waals surface area contributed by atoms with E-state index >= 15 is 0 Å². The maximum absolute atomic E-state index is 11.4. The van der Waals surface area contributed by atoms with Gasteiger partial charge in [-0.3, -0.25) is 4.79 Å². The first-order valence-electron chi connectivity index (χ1n) is 5.08. The van der Waals surface area contributed by atoms with Gasteiger partial charge in [0.2, 0.25) is 0 Å². The van der Waals surface area contributed by atoms with E-state index < -0.39 is 0 Å². The number of esters is 1. The van der Waals surface area contributed by atoms with Crippen LogP contribution in [-0.2, 0) is 21.3 Å². The van der Waals surface area contributed by atoms with Crippen LogP contribution in [0.4, 0.5) is 0 Å². The van der Waals surface area contributed by atoms with E-state index in [0.717, 1.165) is 20.9 Å². The zero-order valence-electron chi connectivity index (χ0n) is 9.35. The second-order valence-corrected chi connectivity index (χ2v) is 4.90. The van der Waals surface area contributed by atoms with Crippen LogP contribution in [0.5, 0.6) is 0 Å². The standard InChI is InChI=1S/C12H14Br2O2/c1-3-16-12(15)6-10-8(2)4-9(7-13)5-11(10)14/h4-5H,3,6-7H2,1-2H3. The Hall–Kier alpha value is -0.350. The van der Waals surface area contributed by atoms with Crippen LogP contribution in [0, 0.1) is 6.92 Å². The van der Waals surface area contributed by atoms with Gasteiger partial charge in [-0.25, -0.2) is 0 Å². The summed E-state index contributed by atoms with van der Waals surface area (Å²) in [5.41, 5.74) is 3.30. The molecule has 0 aliphatic rings. The minimum Gasteiger partial charge on any atom is -0.466 e. The largest absolute Gasteiger partial charge is 0.466 e. The second kappa shape index (κ2) is 6.40. The van der Waals surface area contributed by atoms with E-state index in [9.17, 15) is 4.79 Å². The summed E-state index contributed by atoms with van der Waals surface area (Å²) in [6.07, 6.45) is 0.322. The van der Waals surface area contributed by atoms with E-state index in [1.165, 1.54) is 5.56 Å². The van der Waals surface area contributed by atoms with Crippen molar-refractivity contribution in [3.05, 3.63) is 33.3 Å². The summed E-state index contributed by atoms with van der Waals surface area (Å²) in [6.45, 7) is 4.24. The van der Waals surface area contributed by atoms with Crippen molar-refractivity contribution in [1.82, 2.24) is 0 Å². The molecule has 88 valence electrons. The Morgan fingerprint density at radius 2 is 2.12 bits per heavy atom. The van der Waals surface area contributed by atoms with Gasteiger partial charge in [-0.15, -0.1) is 0 Å². The Labute approximate surface area is 113 Å². The Balaban J connectivity index is 2.92. The average Bonchev–Trinajstić information content (AvgIpc) is 2.23. The maximum Gasteiger partial charge on any atom is 0.310 e. The molecule has 0 aromatic heterocycles. The quantitative estimate of drug-likeness (QED) is 0.611. The fourth-order valence-corrected chi connectivity index (χ4v) is 2.57. The first kappa shape index (κ1) is 13.7. The van der Waals surface area contributed by atoms with Crippen LogP contribution < -0.4 is 0 Å². The summed E-state index contributed by atoms with van der Waals surface area (Å²) in [5.74, 6) is -0.183. The molecule has 0 radical (unpaired) electrons. The summed E-state index contributed by atoms with van der Waals surface area (Å²) in [6, 6.07) is 4.10. The molecule has 1 aromatic rings. The molecule has 0 aliphatic heterocycles. The average molecular weight is 350 g/mol. The van der Waals surface area contributed by atoms with Crippen LogP contribution in [-0.4, -0.2) is 12.6 Å². The van der Waals surface area contributed by atoms with Gasteiger partial charge in [-0.05, 0) is 36.6 Å². The van der Waals surface area contributed by atoms with Crippen molar-refractivity contribution >= 4 is 37.8 Å². The first-order valence-corrected chi connectivity index (χ1v) is 6.99. The zero-order chi connectivity index (χ0) is 12.1. The summed E-state index contributed by atoms with van der Waals surface area (Å²) in [7, 11) is 0. The lowest BCUT2D eigenvalue weighted by atomic mass is 10.0. The summed E-state index contributed by atoms with van der Waals surface area (Å²) < 4.78 is 5.91. The lowest BCUT2D eigenvalue weighted by molar-refractivity contribution is -0.142. The van der Waals surface area contributed by atoms with Crippen molar-refractivity contribution in [3.8, 4) is 0 Å². The van der Waals surface area contributed by atoms with Gasteiger partial charge in [0.05, 0.1) is 13.0 Å². The molecule has 0 spiro atoms. The summed E-state index contributed by atoms with van der Waals surface area (Å²) >= 11 is 6.90. The molecule has 2 nitrogen and oxygen atoms in total. The van der Waals surface area contributed by atoms with Crippen molar-refractivity contribution in [3.63, 3.8) is 0 Å². The topological polar surface area (TPSA) is 26.3 Å². The van der Waals surface area contributed by atoms with Crippen molar-refractivity contribution < 1.29 is 9.53 Å². The summed E-state index contributed by atoms with van der Waals surface area (Å²) in [4.78, 5) is 11.4. The molecular weight excluding hydrogens is 336 g/mol. The van der Waals surface area contributed by atoms with Gasteiger partial charge < -0.3 is 4.74 Å². The predicted molar refractivity (Wildman–Crippen MR) is 71.8 cm³/mol. The lowest BCUT2D eigenvalue weighted by Crippen LogP contribution is -2.09. The van der Waals surface area contributed by atoms with Gasteiger partial charge in [-0.1, -0.05) is 37.9 Å². The molecule has 1 aromatic carbocycles. The number of rotatable bonds is 4. The molecule has 4 heteroatoms. The fourth-order valence-electron chi connectivity index (χ4n) is 1.50. The third-order valence-electron chi connectivity index (χ3n) is 2.26. The molecule has 1 rings (SSSR count). The molecular formula is C12H14Br2O2. The number of carbonyl (C=O) groups is 1. The van der Waals surface area contributed by atoms with E-state index in [1.807, 2.05) is 19.9 Å². The number of aryl methyl sites for hydroxylation is 1. The number of hydrogen-bond acceptors (Lipinski definition) is 2. The number of halogens is 2. The molecule has 16 heavy (non-hydrogen) atoms. The lowest BCUT2D eigenvalue weighted by Gasteiger charge is -2.10. The van der Waals surface area contributed by atoms with E-state index in [4.69, 9.17) is 4.74 Å². The van der Waals surface area contributed by atoms with Gasteiger partial charge >= 0.3 is 5.97 Å². The van der Waals surface area contributed by atoms with Crippen molar-refractivity contribution in [2.45, 2.75) is 25.6 Å². The molecule has 0 saturated carbocycles. The Morgan fingerprint density at radius 1 is 1.44 bits per heavy atom. The number of carbonyl (C=O) groups excluding carboxylic acids is 1. The minimum atomic E-state index is -0.183. The third kappa shape index (κ3) is 3.59. The van der Waals surface area contributed by atoms with Crippen LogP contribution in [0.25, 0.3) is 0 Å². The number of benzene rings is 1. The van der Waals surface area contributed by atoms with Gasteiger partial charge in [0, 0.05) is 9.80 Å². The summed E-state index contributed by atoms with van der Waals surface area (Å²) in [5, 5.41) is 0.812. The molecule has 0 unspecified atom stereocenters. The Morgan fingerprint density at radius 3 is 2.62 bits per heavy atom. The Kier molecular flexibility index (Phi) is 5.49. The number of ether oxygens (including phenoxy) is 1. The monoisotopic (exact) mass is 348 g/mol. The van der Waals surface area contributed by atoms with Gasteiger partial charge in [0.1, 0.15) is 0 Å². The molecule has 0 heterocycles. The van der Waals surface area contributed by atoms with Crippen molar-refractivity contribution in [1.29, 1.82) is 0 Å². The molecule has 0 saturated heterocycles. The van der Waals surface area contributed by atoms with Crippen LogP contribution in [0.1, 0.15) is 23.6 Å². The SMILES string of the molecule is CCOC(=O)Cc1c(C)cc(CBr)cc1Br. The van der Waals surface area contributed by atoms with Crippen molar-refractivity contribution in [2.75, 3.05) is 6.61 Å². The smallest absolute Gasteiger partial charge is 0.310 e. The minimum absolute atomic E-state index is 0.183. The first-order chi connectivity index (χ1) is 7.58. The molecule has 0 N–H and O–H groups in total. The van der Waals surface area contributed by atoms with Crippen LogP contribution in [0.2, 0.25) is 0 Å². The van der Waals surface area contributed by atoms with E-state index in [-0.39, 0.29) is 5.97 Å². The molecule has 0 aliphatic carbocycles. The van der Waals surface area contributed by atoms with E-state index in [0.29, 0.717) is 13.0 Å². The number of alkyl halides is 1. The highest BCUT2D eigenvalue weighted by Crippen LogP contribution is 2.24. The van der Waals surface area contributed by atoms with Crippen LogP contribution in [0.15, 0.2) is 16.6 Å². The highest BCUT2D eigenvalue weighted by atomic mass is 79.9. The molecule has 0 bridgehead atoms. The second-order valence-electron chi connectivity index (χ2n) is 3.49. The number of hydrogen-bond donors (Lipinski definition) is 0. The highest BCUT2D eigenvalue weighted by molar-refractivity contribution is 9.10. The fraction of sp³-hybridized carbons (Fsp3) is 0.417. The highest BCUT2D eigenvalue weighted by Gasteiger charge is 2.11. The predicted octanol–water partition coefficient (Wildman–Crippen LogP) is 3.76.